The summed E-state index contributed by atoms with van der Waals surface area (Å²) in [6.45, 7) is 0. The van der Waals surface area contributed by atoms with Gasteiger partial charge in [-0.1, -0.05) is 0 Å². The molecule has 0 aromatic rings. The van der Waals surface area contributed by atoms with E-state index in [9.17, 15) is 26.3 Å². The molecule has 2 aliphatic rings. The zero-order valence-corrected chi connectivity index (χ0v) is 11.3. The van der Waals surface area contributed by atoms with Crippen LogP contribution in [-0.2, 0) is 0 Å². The molecule has 0 heterocycles. The van der Waals surface area contributed by atoms with E-state index >= 15 is 0 Å². The first-order chi connectivity index (χ1) is 8.01. The van der Waals surface area contributed by atoms with E-state index in [1.54, 1.807) is 0 Å². The summed E-state index contributed by atoms with van der Waals surface area (Å²) in [5.74, 6) is -7.70. The molecule has 0 spiro atoms. The molecule has 4 unspecified atom stereocenters. The maximum Gasteiger partial charge on any atom is 0.428 e. The molecule has 4 atom stereocenters. The lowest BCUT2D eigenvalue weighted by molar-refractivity contribution is -0.317. The van der Waals surface area contributed by atoms with Crippen LogP contribution in [0.3, 0.4) is 0 Å². The summed E-state index contributed by atoms with van der Waals surface area (Å²) in [5.41, 5.74) is -5.13. The Morgan fingerprint density at radius 1 is 1.11 bits per heavy atom. The Labute approximate surface area is 112 Å². The van der Waals surface area contributed by atoms with Gasteiger partial charge in [0.05, 0.1) is 14.0 Å². The van der Waals surface area contributed by atoms with Crippen molar-refractivity contribution < 1.29 is 26.3 Å². The van der Waals surface area contributed by atoms with E-state index in [0.717, 1.165) is 0 Å². The van der Waals surface area contributed by atoms with Crippen molar-refractivity contribution >= 4 is 32.7 Å². The molecule has 0 nitrogen and oxygen atoms in total. The van der Waals surface area contributed by atoms with Crippen LogP contribution in [0.4, 0.5) is 26.3 Å². The van der Waals surface area contributed by atoms with Crippen molar-refractivity contribution in [3.63, 3.8) is 0 Å². The lowest BCUT2D eigenvalue weighted by Crippen LogP contribution is -2.60. The second kappa shape index (κ2) is 4.18. The minimum Gasteiger partial charge on any atom is -0.227 e. The van der Waals surface area contributed by atoms with Crippen molar-refractivity contribution in [2.45, 2.75) is 40.6 Å². The molecular formula is C9H8Cl2F6Si. The van der Waals surface area contributed by atoms with Crippen LogP contribution >= 0.6 is 23.2 Å². The molecule has 0 N–H and O–H groups in total. The molecule has 2 saturated carbocycles. The number of fused-ring (bicyclic) bond motifs is 2. The van der Waals surface area contributed by atoms with Gasteiger partial charge < -0.3 is 0 Å². The second-order valence-corrected chi connectivity index (χ2v) is 8.16. The van der Waals surface area contributed by atoms with Gasteiger partial charge in [-0.05, 0) is 18.4 Å². The van der Waals surface area contributed by atoms with E-state index in [2.05, 4.69) is 0 Å². The number of rotatable bonds is 2. The highest BCUT2D eigenvalue weighted by molar-refractivity contribution is 6.69. The van der Waals surface area contributed by atoms with E-state index in [0.29, 0.717) is 0 Å². The molecule has 0 aromatic carbocycles. The molecule has 104 valence electrons. The molecule has 2 fully saturated rings. The lowest BCUT2D eigenvalue weighted by Gasteiger charge is -2.41. The topological polar surface area (TPSA) is 0 Å². The summed E-state index contributed by atoms with van der Waals surface area (Å²) in [5, 5.41) is 0. The molecule has 18 heavy (non-hydrogen) atoms. The van der Waals surface area contributed by atoms with E-state index in [1.807, 2.05) is 0 Å². The summed E-state index contributed by atoms with van der Waals surface area (Å²) in [6.07, 6.45) is -6.24. The van der Waals surface area contributed by atoms with Crippen molar-refractivity contribution in [1.82, 2.24) is 0 Å². The highest BCUT2D eigenvalue weighted by atomic mass is 35.5. The van der Waals surface area contributed by atoms with Gasteiger partial charge in [0, 0.05) is 11.8 Å². The first-order valence-electron chi connectivity index (χ1n) is 5.19. The zero-order valence-electron chi connectivity index (χ0n) is 8.75. The monoisotopic (exact) mass is 328 g/mol. The van der Waals surface area contributed by atoms with Gasteiger partial charge in [0.1, 0.15) is 0 Å². The zero-order chi connectivity index (χ0) is 13.9. The van der Waals surface area contributed by atoms with E-state index in [1.165, 1.54) is 0 Å². The van der Waals surface area contributed by atoms with Gasteiger partial charge in [-0.3, -0.25) is 0 Å². The molecular weight excluding hydrogens is 321 g/mol. The van der Waals surface area contributed by atoms with E-state index in [-0.39, 0.29) is 15.9 Å². The predicted octanol–water partition coefficient (Wildman–Crippen LogP) is 4.19. The normalized spacial score (nSPS) is 42.8. The van der Waals surface area contributed by atoms with Crippen LogP contribution < -0.4 is 0 Å². The summed E-state index contributed by atoms with van der Waals surface area (Å²) < 4.78 is 78.1. The Morgan fingerprint density at radius 2 is 1.67 bits per heavy atom. The third-order valence-electron chi connectivity index (χ3n) is 3.83. The van der Waals surface area contributed by atoms with Crippen LogP contribution in [0.5, 0.6) is 0 Å². The Bertz CT molecular complexity index is 346. The molecule has 0 aromatic heterocycles. The summed E-state index contributed by atoms with van der Waals surface area (Å²) in [7, 11) is -0.297. The van der Waals surface area contributed by atoms with Crippen LogP contribution in [0, 0.1) is 11.8 Å². The van der Waals surface area contributed by atoms with Crippen molar-refractivity contribution in [3.05, 3.63) is 0 Å². The molecule has 9 heteroatoms. The van der Waals surface area contributed by atoms with Gasteiger partial charge in [0.15, 0.2) is 0 Å². The minimum absolute atomic E-state index is 0.231. The fourth-order valence-corrected chi connectivity index (χ4v) is 5.36. The summed E-state index contributed by atoms with van der Waals surface area (Å²) in [4.78, 5) is 0. The van der Waals surface area contributed by atoms with Crippen molar-refractivity contribution in [3.8, 4) is 0 Å². The van der Waals surface area contributed by atoms with Crippen LogP contribution in [0.25, 0.3) is 0 Å². The smallest absolute Gasteiger partial charge is 0.227 e. The third-order valence-corrected chi connectivity index (χ3v) is 5.90. The van der Waals surface area contributed by atoms with Gasteiger partial charge >= 0.3 is 6.18 Å². The van der Waals surface area contributed by atoms with Gasteiger partial charge in [-0.15, -0.1) is 23.2 Å². The standard InChI is InChI=1S/C9H8Cl2F6Si/c10-6(11)18-5-2-3-1-4(5)8(13,14)7(3,12)9(15,16)17/h3-6H,1-2H2. The average molecular weight is 329 g/mol. The number of alkyl halides is 8. The first kappa shape index (κ1) is 14.8. The molecule has 2 bridgehead atoms. The maximum atomic E-state index is 13.9. The number of hydrogen-bond donors (Lipinski definition) is 0. The SMILES string of the molecule is FC(F)(F)C1(F)C2CC([Si]C(Cl)Cl)C(C2)C1(F)F. The quantitative estimate of drug-likeness (QED) is 0.405. The molecule has 0 amide bonds. The van der Waals surface area contributed by atoms with E-state index in [4.69, 9.17) is 23.2 Å². The molecule has 2 radical (unpaired) electrons. The first-order valence-corrected chi connectivity index (χ1v) is 7.22. The highest BCUT2D eigenvalue weighted by Crippen LogP contribution is 2.69. The molecule has 2 aliphatic carbocycles. The van der Waals surface area contributed by atoms with Crippen molar-refractivity contribution in [2.75, 3.05) is 0 Å². The molecule has 0 saturated heterocycles. The lowest BCUT2D eigenvalue weighted by atomic mass is 9.81. The summed E-state index contributed by atoms with van der Waals surface area (Å²) >= 11 is 10.9. The fourth-order valence-electron chi connectivity index (χ4n) is 3.07. The minimum atomic E-state index is -5.55. The van der Waals surface area contributed by atoms with Crippen LogP contribution in [0.2, 0.25) is 5.54 Å². The Kier molecular flexibility index (Phi) is 3.43. The van der Waals surface area contributed by atoms with Gasteiger partial charge in [-0.2, -0.15) is 13.2 Å². The van der Waals surface area contributed by atoms with Crippen molar-refractivity contribution in [1.29, 1.82) is 0 Å². The van der Waals surface area contributed by atoms with Crippen molar-refractivity contribution in [2.24, 2.45) is 11.8 Å². The molecule has 0 aliphatic heterocycles. The number of halogens is 8. The van der Waals surface area contributed by atoms with Gasteiger partial charge in [-0.25, -0.2) is 13.2 Å². The Balaban J connectivity index is 2.29. The molecule has 2 rings (SSSR count). The van der Waals surface area contributed by atoms with E-state index < -0.39 is 46.0 Å². The predicted molar refractivity (Wildman–Crippen MR) is 56.1 cm³/mol. The van der Waals surface area contributed by atoms with Gasteiger partial charge in [0.2, 0.25) is 0 Å². The van der Waals surface area contributed by atoms with Crippen LogP contribution in [0.1, 0.15) is 12.8 Å². The third kappa shape index (κ3) is 1.80. The average Bonchev–Trinajstić information content (AvgIpc) is 2.64. The van der Waals surface area contributed by atoms with Crippen LogP contribution in [-0.4, -0.2) is 31.7 Å². The Hall–Kier alpha value is 0.377. The highest BCUT2D eigenvalue weighted by Gasteiger charge is 2.83. The van der Waals surface area contributed by atoms with Crippen LogP contribution in [0.15, 0.2) is 0 Å². The Morgan fingerprint density at radius 3 is 2.06 bits per heavy atom. The van der Waals surface area contributed by atoms with Gasteiger partial charge in [0.25, 0.3) is 11.6 Å². The summed E-state index contributed by atoms with van der Waals surface area (Å²) in [6, 6.07) is 0. The number of hydrogen-bond acceptors (Lipinski definition) is 0. The fraction of sp³-hybridized carbons (Fsp3) is 1.00. The second-order valence-electron chi connectivity index (χ2n) is 4.68. The maximum absolute atomic E-state index is 13.9. The largest absolute Gasteiger partial charge is 0.428 e.